The van der Waals surface area contributed by atoms with E-state index in [1.807, 2.05) is 18.2 Å². The normalized spacial score (nSPS) is 24.5. The molecule has 2 unspecified atom stereocenters. The Hall–Kier alpha value is -1.53. The number of thioether (sulfide) groups is 1. The molecule has 0 aromatic heterocycles. The third kappa shape index (κ3) is 2.98. The fourth-order valence-electron chi connectivity index (χ4n) is 2.86. The second kappa shape index (κ2) is 6.30. The Labute approximate surface area is 138 Å². The third-order valence-corrected chi connectivity index (χ3v) is 5.06. The van der Waals surface area contributed by atoms with Crippen LogP contribution in [0, 0.1) is 5.92 Å². The van der Waals surface area contributed by atoms with Gasteiger partial charge in [0.25, 0.3) is 0 Å². The van der Waals surface area contributed by atoms with Crippen molar-refractivity contribution in [3.8, 4) is 0 Å². The molecule has 1 aromatic carbocycles. The smallest absolute Gasteiger partial charge is 0.231 e. The minimum absolute atomic E-state index is 0.0360. The number of halogens is 1. The van der Waals surface area contributed by atoms with Crippen LogP contribution in [0.15, 0.2) is 29.3 Å². The Balaban J connectivity index is 1.84. The number of aliphatic imine (C=N–C) groups is 1. The zero-order valence-electron chi connectivity index (χ0n) is 12.1. The monoisotopic (exact) mass is 337 g/mol. The van der Waals surface area contributed by atoms with Crippen LogP contribution in [0.3, 0.4) is 0 Å². The average Bonchev–Trinajstić information content (AvgIpc) is 3.08. The summed E-state index contributed by atoms with van der Waals surface area (Å²) >= 11 is 7.57. The first-order valence-electron chi connectivity index (χ1n) is 7.05. The molecule has 1 N–H and O–H groups in total. The van der Waals surface area contributed by atoms with Crippen LogP contribution in [-0.2, 0) is 9.59 Å². The zero-order chi connectivity index (χ0) is 15.7. The van der Waals surface area contributed by atoms with Gasteiger partial charge in [-0.1, -0.05) is 35.5 Å². The summed E-state index contributed by atoms with van der Waals surface area (Å²) in [6.07, 6.45) is 0.206. The van der Waals surface area contributed by atoms with Crippen molar-refractivity contribution >= 4 is 40.3 Å². The molecule has 2 heterocycles. The number of nitrogens with one attached hydrogen (secondary N) is 1. The standard InChI is InChI=1S/C15H16ClN3O2S/c1-19-12(20)8-11(14(21)18-15-17-5-6-22-15)13(19)9-3-2-4-10(16)7-9/h2-4,7,11,13H,5-6,8H2,1H3,(H,17,18,21). The van der Waals surface area contributed by atoms with E-state index in [-0.39, 0.29) is 24.3 Å². The van der Waals surface area contributed by atoms with Crippen LogP contribution in [0.25, 0.3) is 0 Å². The van der Waals surface area contributed by atoms with E-state index in [1.54, 1.807) is 18.0 Å². The molecule has 1 saturated heterocycles. The summed E-state index contributed by atoms with van der Waals surface area (Å²) in [5, 5.41) is 4.09. The molecule has 0 saturated carbocycles. The highest BCUT2D eigenvalue weighted by Crippen LogP contribution is 2.38. The van der Waals surface area contributed by atoms with Crippen molar-refractivity contribution in [1.82, 2.24) is 10.2 Å². The van der Waals surface area contributed by atoms with Crippen LogP contribution < -0.4 is 5.32 Å². The van der Waals surface area contributed by atoms with E-state index < -0.39 is 5.92 Å². The lowest BCUT2D eigenvalue weighted by molar-refractivity contribution is -0.128. The molecule has 2 amide bonds. The molecule has 1 fully saturated rings. The SMILES string of the molecule is CN1C(=O)CC(C(=O)NC2=NCCS2)C1c1cccc(Cl)c1. The van der Waals surface area contributed by atoms with Crippen molar-refractivity contribution in [2.45, 2.75) is 12.5 Å². The lowest BCUT2D eigenvalue weighted by Crippen LogP contribution is -2.36. The number of hydrogen-bond acceptors (Lipinski definition) is 4. The van der Waals surface area contributed by atoms with Gasteiger partial charge in [-0.25, -0.2) is 0 Å². The highest BCUT2D eigenvalue weighted by atomic mass is 35.5. The number of rotatable bonds is 2. The van der Waals surface area contributed by atoms with Crippen LogP contribution in [0.4, 0.5) is 0 Å². The number of likely N-dealkylation sites (tertiary alicyclic amines) is 1. The largest absolute Gasteiger partial charge is 0.338 e. The molecular weight excluding hydrogens is 322 g/mol. The average molecular weight is 338 g/mol. The highest BCUT2D eigenvalue weighted by Gasteiger charge is 2.43. The van der Waals surface area contributed by atoms with Gasteiger partial charge < -0.3 is 10.2 Å². The molecule has 7 heteroatoms. The lowest BCUT2D eigenvalue weighted by atomic mass is 9.93. The maximum absolute atomic E-state index is 12.5. The summed E-state index contributed by atoms with van der Waals surface area (Å²) < 4.78 is 0. The first-order chi connectivity index (χ1) is 10.6. The van der Waals surface area contributed by atoms with Gasteiger partial charge in [-0.15, -0.1) is 0 Å². The number of carbonyl (C=O) groups is 2. The van der Waals surface area contributed by atoms with Gasteiger partial charge in [0.05, 0.1) is 18.5 Å². The number of carbonyl (C=O) groups excluding carboxylic acids is 2. The molecule has 22 heavy (non-hydrogen) atoms. The van der Waals surface area contributed by atoms with Crippen LogP contribution in [0.2, 0.25) is 5.02 Å². The Bertz CT molecular complexity index is 649. The fourth-order valence-corrected chi connectivity index (χ4v) is 3.79. The van der Waals surface area contributed by atoms with Crippen molar-refractivity contribution in [3.63, 3.8) is 0 Å². The van der Waals surface area contributed by atoms with E-state index in [0.29, 0.717) is 10.2 Å². The molecule has 0 aliphatic carbocycles. The van der Waals surface area contributed by atoms with Gasteiger partial charge in [-0.2, -0.15) is 0 Å². The van der Waals surface area contributed by atoms with Crippen LogP contribution >= 0.6 is 23.4 Å². The minimum Gasteiger partial charge on any atom is -0.338 e. The van der Waals surface area contributed by atoms with Gasteiger partial charge in [0, 0.05) is 24.2 Å². The second-order valence-electron chi connectivity index (χ2n) is 5.34. The number of amides is 2. The second-order valence-corrected chi connectivity index (χ2v) is 6.86. The number of nitrogens with zero attached hydrogens (tertiary/aromatic N) is 2. The van der Waals surface area contributed by atoms with Gasteiger partial charge in [-0.3, -0.25) is 14.6 Å². The van der Waals surface area contributed by atoms with E-state index in [2.05, 4.69) is 10.3 Å². The van der Waals surface area contributed by atoms with Crippen molar-refractivity contribution in [3.05, 3.63) is 34.9 Å². The number of amidine groups is 1. The first-order valence-corrected chi connectivity index (χ1v) is 8.42. The van der Waals surface area contributed by atoms with Gasteiger partial charge in [0.1, 0.15) is 0 Å². The summed E-state index contributed by atoms with van der Waals surface area (Å²) in [6, 6.07) is 7.02. The van der Waals surface area contributed by atoms with Gasteiger partial charge in [0.2, 0.25) is 11.8 Å². The van der Waals surface area contributed by atoms with E-state index in [1.165, 1.54) is 11.8 Å². The molecule has 2 aliphatic heterocycles. The molecule has 2 aliphatic rings. The van der Waals surface area contributed by atoms with E-state index in [4.69, 9.17) is 11.6 Å². The quantitative estimate of drug-likeness (QED) is 0.898. The summed E-state index contributed by atoms with van der Waals surface area (Å²) in [5.41, 5.74) is 0.877. The van der Waals surface area contributed by atoms with Crippen LogP contribution in [0.5, 0.6) is 0 Å². The Morgan fingerprint density at radius 2 is 2.32 bits per heavy atom. The third-order valence-electron chi connectivity index (χ3n) is 3.93. The first kappa shape index (κ1) is 15.4. The van der Waals surface area contributed by atoms with Crippen molar-refractivity contribution in [2.24, 2.45) is 10.9 Å². The minimum atomic E-state index is -0.431. The molecule has 2 atom stereocenters. The highest BCUT2D eigenvalue weighted by molar-refractivity contribution is 8.14. The molecule has 1 aromatic rings. The maximum Gasteiger partial charge on any atom is 0.231 e. The van der Waals surface area contributed by atoms with Gasteiger partial charge in [-0.05, 0) is 17.7 Å². The van der Waals surface area contributed by atoms with E-state index >= 15 is 0 Å². The van der Waals surface area contributed by atoms with Crippen molar-refractivity contribution in [1.29, 1.82) is 0 Å². The van der Waals surface area contributed by atoms with Crippen molar-refractivity contribution < 1.29 is 9.59 Å². The number of hydrogen-bond donors (Lipinski definition) is 1. The fraction of sp³-hybridized carbons (Fsp3) is 0.400. The lowest BCUT2D eigenvalue weighted by Gasteiger charge is -2.25. The molecule has 5 nitrogen and oxygen atoms in total. The maximum atomic E-state index is 12.5. The summed E-state index contributed by atoms with van der Waals surface area (Å²) in [6.45, 7) is 0.724. The predicted molar refractivity (Wildman–Crippen MR) is 88.0 cm³/mol. The Morgan fingerprint density at radius 1 is 1.50 bits per heavy atom. The summed E-state index contributed by atoms with van der Waals surface area (Å²) in [4.78, 5) is 30.5. The predicted octanol–water partition coefficient (Wildman–Crippen LogP) is 2.08. The summed E-state index contributed by atoms with van der Waals surface area (Å²) in [7, 11) is 1.73. The summed E-state index contributed by atoms with van der Waals surface area (Å²) in [5.74, 6) is 0.262. The number of benzene rings is 1. The van der Waals surface area contributed by atoms with Crippen LogP contribution in [-0.4, -0.2) is 41.2 Å². The Morgan fingerprint density at radius 3 is 3.00 bits per heavy atom. The van der Waals surface area contributed by atoms with E-state index in [9.17, 15) is 9.59 Å². The van der Waals surface area contributed by atoms with E-state index in [0.717, 1.165) is 17.9 Å². The van der Waals surface area contributed by atoms with Crippen LogP contribution in [0.1, 0.15) is 18.0 Å². The molecule has 0 bridgehead atoms. The Kier molecular flexibility index (Phi) is 4.40. The van der Waals surface area contributed by atoms with Crippen molar-refractivity contribution in [2.75, 3.05) is 19.3 Å². The molecular formula is C15H16ClN3O2S. The molecule has 0 spiro atoms. The zero-order valence-corrected chi connectivity index (χ0v) is 13.7. The van der Waals surface area contributed by atoms with Gasteiger partial charge in [0.15, 0.2) is 5.17 Å². The molecule has 3 rings (SSSR count). The van der Waals surface area contributed by atoms with Gasteiger partial charge >= 0.3 is 0 Å². The topological polar surface area (TPSA) is 61.8 Å². The molecule has 0 radical (unpaired) electrons. The molecule has 116 valence electrons.